The smallest absolute Gasteiger partial charge is 0.374 e. The van der Waals surface area contributed by atoms with Crippen molar-refractivity contribution in [3.8, 4) is 22.8 Å². The summed E-state index contributed by atoms with van der Waals surface area (Å²) in [6, 6.07) is 6.77. The number of carboxylic acid groups (broad SMARTS) is 1. The average Bonchev–Trinajstić information content (AvgIpc) is 3.05. The van der Waals surface area contributed by atoms with Gasteiger partial charge in [0.05, 0.1) is 7.11 Å². The lowest BCUT2D eigenvalue weighted by atomic mass is 10.1. The van der Waals surface area contributed by atoms with E-state index in [-0.39, 0.29) is 11.9 Å². The van der Waals surface area contributed by atoms with Crippen molar-refractivity contribution in [1.29, 1.82) is 0 Å². The third-order valence-electron chi connectivity index (χ3n) is 4.06. The maximum absolute atomic E-state index is 10.9. The Labute approximate surface area is 139 Å². The molecule has 7 nitrogen and oxygen atoms in total. The predicted octanol–water partition coefficient (Wildman–Crippen LogP) is 2.52. The molecule has 2 heterocycles. The summed E-state index contributed by atoms with van der Waals surface area (Å²) in [7, 11) is 3.67. The van der Waals surface area contributed by atoms with E-state index in [1.54, 1.807) is 25.3 Å². The molecule has 1 fully saturated rings. The molecule has 128 valence electrons. The first-order valence-electron chi connectivity index (χ1n) is 7.80. The number of nitrogens with zero attached hydrogens (tertiary/aromatic N) is 2. The first-order valence-corrected chi connectivity index (χ1v) is 7.80. The van der Waals surface area contributed by atoms with Crippen LogP contribution < -0.4 is 9.47 Å². The van der Waals surface area contributed by atoms with Crippen molar-refractivity contribution in [3.05, 3.63) is 30.0 Å². The lowest BCUT2D eigenvalue weighted by Crippen LogP contribution is -2.38. The first-order chi connectivity index (χ1) is 11.6. The van der Waals surface area contributed by atoms with Crippen LogP contribution in [-0.2, 0) is 0 Å². The number of hydrogen-bond donors (Lipinski definition) is 1. The Morgan fingerprint density at radius 1 is 1.38 bits per heavy atom. The molecule has 1 aliphatic heterocycles. The second kappa shape index (κ2) is 6.92. The number of carboxylic acids is 1. The van der Waals surface area contributed by atoms with Crippen LogP contribution in [0.1, 0.15) is 23.4 Å². The monoisotopic (exact) mass is 332 g/mol. The highest BCUT2D eigenvalue weighted by Gasteiger charge is 2.21. The van der Waals surface area contributed by atoms with Crippen LogP contribution in [0.2, 0.25) is 0 Å². The van der Waals surface area contributed by atoms with Gasteiger partial charge >= 0.3 is 5.97 Å². The van der Waals surface area contributed by atoms with Gasteiger partial charge in [-0.25, -0.2) is 4.79 Å². The largest absolute Gasteiger partial charge is 0.493 e. The molecule has 3 rings (SSSR count). The quantitative estimate of drug-likeness (QED) is 0.900. The Kier molecular flexibility index (Phi) is 4.71. The predicted molar refractivity (Wildman–Crippen MR) is 86.6 cm³/mol. The van der Waals surface area contributed by atoms with E-state index < -0.39 is 5.97 Å². The summed E-state index contributed by atoms with van der Waals surface area (Å²) >= 11 is 0. The van der Waals surface area contributed by atoms with Gasteiger partial charge in [0.1, 0.15) is 11.8 Å². The van der Waals surface area contributed by atoms with Crippen molar-refractivity contribution < 1.29 is 23.9 Å². The number of piperidine rings is 1. The molecule has 1 aromatic carbocycles. The summed E-state index contributed by atoms with van der Waals surface area (Å²) in [6.07, 6.45) is 2.18. The molecule has 1 N–H and O–H groups in total. The van der Waals surface area contributed by atoms with Gasteiger partial charge in [-0.3, -0.25) is 0 Å². The topological polar surface area (TPSA) is 85.0 Å². The van der Waals surface area contributed by atoms with Crippen LogP contribution in [-0.4, -0.2) is 54.5 Å². The number of aromatic nitrogens is 1. The maximum atomic E-state index is 10.9. The van der Waals surface area contributed by atoms with Gasteiger partial charge in [-0.1, -0.05) is 5.16 Å². The molecule has 0 spiro atoms. The van der Waals surface area contributed by atoms with Crippen molar-refractivity contribution in [1.82, 2.24) is 10.1 Å². The van der Waals surface area contributed by atoms with Gasteiger partial charge in [0, 0.05) is 18.2 Å². The second-order valence-corrected chi connectivity index (χ2v) is 5.89. The summed E-state index contributed by atoms with van der Waals surface area (Å²) in [5.74, 6) is -0.0923. The summed E-state index contributed by atoms with van der Waals surface area (Å²) in [5.41, 5.74) is 1.16. The Morgan fingerprint density at radius 3 is 2.88 bits per heavy atom. The standard InChI is InChI=1S/C17H20N2O5/c1-19-7-3-4-12(10-19)23-15-8-11(5-6-14(15)22-2)13-9-16(17(20)21)24-18-13/h5-6,8-9,12H,3-4,7,10H2,1-2H3,(H,20,21). The number of likely N-dealkylation sites (tertiary alicyclic amines) is 1. The number of rotatable bonds is 5. The van der Waals surface area contributed by atoms with E-state index in [9.17, 15) is 4.79 Å². The van der Waals surface area contributed by atoms with E-state index in [1.165, 1.54) is 6.07 Å². The minimum Gasteiger partial charge on any atom is -0.493 e. The molecule has 0 radical (unpaired) electrons. The average molecular weight is 332 g/mol. The fourth-order valence-corrected chi connectivity index (χ4v) is 2.84. The molecule has 0 amide bonds. The van der Waals surface area contributed by atoms with E-state index in [0.29, 0.717) is 22.8 Å². The second-order valence-electron chi connectivity index (χ2n) is 5.89. The van der Waals surface area contributed by atoms with Crippen LogP contribution in [0.3, 0.4) is 0 Å². The van der Waals surface area contributed by atoms with Gasteiger partial charge in [0.2, 0.25) is 5.76 Å². The number of benzene rings is 1. The first kappa shape index (κ1) is 16.3. The molecular formula is C17H20N2O5. The molecule has 1 saturated heterocycles. The van der Waals surface area contributed by atoms with E-state index in [4.69, 9.17) is 19.1 Å². The fourth-order valence-electron chi connectivity index (χ4n) is 2.84. The summed E-state index contributed by atoms with van der Waals surface area (Å²) in [5, 5.41) is 12.7. The van der Waals surface area contributed by atoms with Crippen LogP contribution in [0.15, 0.2) is 28.8 Å². The molecule has 0 aliphatic carbocycles. The van der Waals surface area contributed by atoms with Gasteiger partial charge in [-0.15, -0.1) is 0 Å². The Morgan fingerprint density at radius 2 is 2.21 bits per heavy atom. The third-order valence-corrected chi connectivity index (χ3v) is 4.06. The fraction of sp³-hybridized carbons (Fsp3) is 0.412. The van der Waals surface area contributed by atoms with Crippen LogP contribution in [0.5, 0.6) is 11.5 Å². The third kappa shape index (κ3) is 3.51. The molecule has 0 bridgehead atoms. The van der Waals surface area contributed by atoms with Crippen LogP contribution in [0.4, 0.5) is 0 Å². The van der Waals surface area contributed by atoms with E-state index in [0.717, 1.165) is 25.9 Å². The normalized spacial score (nSPS) is 18.3. The molecule has 0 saturated carbocycles. The highest BCUT2D eigenvalue weighted by molar-refractivity contribution is 5.85. The van der Waals surface area contributed by atoms with Crippen LogP contribution in [0, 0.1) is 0 Å². The zero-order chi connectivity index (χ0) is 17.1. The molecule has 24 heavy (non-hydrogen) atoms. The molecule has 1 unspecified atom stereocenters. The number of carbonyl (C=O) groups is 1. The van der Waals surface area contributed by atoms with Crippen molar-refractivity contribution in [3.63, 3.8) is 0 Å². The zero-order valence-electron chi connectivity index (χ0n) is 13.7. The van der Waals surface area contributed by atoms with Crippen molar-refractivity contribution in [2.45, 2.75) is 18.9 Å². The van der Waals surface area contributed by atoms with Crippen molar-refractivity contribution >= 4 is 5.97 Å². The molecule has 1 aromatic heterocycles. The van der Waals surface area contributed by atoms with Gasteiger partial charge < -0.3 is 24.0 Å². The maximum Gasteiger partial charge on any atom is 0.374 e. The minimum atomic E-state index is -1.15. The summed E-state index contributed by atoms with van der Waals surface area (Å²) in [6.45, 7) is 1.94. The lowest BCUT2D eigenvalue weighted by molar-refractivity contribution is 0.0652. The van der Waals surface area contributed by atoms with Crippen LogP contribution in [0.25, 0.3) is 11.3 Å². The molecule has 1 atom stereocenters. The number of ether oxygens (including phenoxy) is 2. The van der Waals surface area contributed by atoms with Crippen LogP contribution >= 0.6 is 0 Å². The Bertz CT molecular complexity index is 728. The summed E-state index contributed by atoms with van der Waals surface area (Å²) < 4.78 is 16.3. The summed E-state index contributed by atoms with van der Waals surface area (Å²) in [4.78, 5) is 13.2. The molecular weight excluding hydrogens is 312 g/mol. The minimum absolute atomic E-state index is 0.0970. The highest BCUT2D eigenvalue weighted by Crippen LogP contribution is 2.34. The van der Waals surface area contributed by atoms with Gasteiger partial charge in [0.15, 0.2) is 11.5 Å². The molecule has 1 aliphatic rings. The van der Waals surface area contributed by atoms with Gasteiger partial charge in [-0.05, 0) is 44.6 Å². The lowest BCUT2D eigenvalue weighted by Gasteiger charge is -2.30. The van der Waals surface area contributed by atoms with E-state index in [1.807, 2.05) is 0 Å². The van der Waals surface area contributed by atoms with E-state index in [2.05, 4.69) is 17.1 Å². The van der Waals surface area contributed by atoms with Gasteiger partial charge in [-0.2, -0.15) is 0 Å². The Hall–Kier alpha value is -2.54. The van der Waals surface area contributed by atoms with Crippen molar-refractivity contribution in [2.75, 3.05) is 27.2 Å². The molecule has 2 aromatic rings. The van der Waals surface area contributed by atoms with E-state index >= 15 is 0 Å². The number of hydrogen-bond acceptors (Lipinski definition) is 6. The number of likely N-dealkylation sites (N-methyl/N-ethyl adjacent to an activating group) is 1. The number of aromatic carboxylic acids is 1. The number of methoxy groups -OCH3 is 1. The highest BCUT2D eigenvalue weighted by atomic mass is 16.5. The molecule has 7 heteroatoms. The van der Waals surface area contributed by atoms with Crippen molar-refractivity contribution in [2.24, 2.45) is 0 Å². The Balaban J connectivity index is 1.85. The van der Waals surface area contributed by atoms with Gasteiger partial charge in [0.25, 0.3) is 0 Å². The zero-order valence-corrected chi connectivity index (χ0v) is 13.7. The SMILES string of the molecule is COc1ccc(-c2cc(C(=O)O)on2)cc1OC1CCCN(C)C1.